The number of rotatable bonds is 4. The molecule has 0 amide bonds. The molecule has 0 aliphatic rings. The number of hydrogen-bond donors (Lipinski definition) is 1. The zero-order chi connectivity index (χ0) is 16.1. The predicted molar refractivity (Wildman–Crippen MR) is 94.7 cm³/mol. The lowest BCUT2D eigenvalue weighted by atomic mass is 10.2. The van der Waals surface area contributed by atoms with E-state index in [2.05, 4.69) is 26.3 Å². The standard InChI is InChI=1S/C16H21ClN4S/c1-11-15(22-12(2)20-11)9-19-16(18-3)21(4)10-13-6-5-7-14(17)8-13/h5-8H,9-10H2,1-4H3,(H,18,19). The third-order valence-corrected chi connectivity index (χ3v) is 4.60. The SMILES string of the molecule is CN=C(NCc1sc(C)nc1C)N(C)Cc1cccc(Cl)c1. The van der Waals surface area contributed by atoms with Crippen molar-refractivity contribution in [2.24, 2.45) is 4.99 Å². The molecule has 1 N–H and O–H groups in total. The second-order valence-electron chi connectivity index (χ2n) is 5.13. The third-order valence-electron chi connectivity index (χ3n) is 3.29. The van der Waals surface area contributed by atoms with Crippen LogP contribution in [0.4, 0.5) is 0 Å². The quantitative estimate of drug-likeness (QED) is 0.684. The normalized spacial score (nSPS) is 11.6. The van der Waals surface area contributed by atoms with Crippen LogP contribution < -0.4 is 5.32 Å². The highest BCUT2D eigenvalue weighted by molar-refractivity contribution is 7.11. The predicted octanol–water partition coefficient (Wildman–Crippen LogP) is 3.62. The van der Waals surface area contributed by atoms with Gasteiger partial charge in [-0.25, -0.2) is 4.98 Å². The summed E-state index contributed by atoms with van der Waals surface area (Å²) in [5.74, 6) is 0.852. The highest BCUT2D eigenvalue weighted by Gasteiger charge is 2.09. The molecule has 0 aliphatic heterocycles. The second-order valence-corrected chi connectivity index (χ2v) is 6.85. The highest BCUT2D eigenvalue weighted by Crippen LogP contribution is 2.17. The minimum absolute atomic E-state index is 0.740. The van der Waals surface area contributed by atoms with Crippen LogP contribution in [0.2, 0.25) is 5.02 Å². The Labute approximate surface area is 140 Å². The van der Waals surface area contributed by atoms with E-state index in [-0.39, 0.29) is 0 Å². The Kier molecular flexibility index (Phi) is 5.80. The zero-order valence-corrected chi connectivity index (χ0v) is 14.9. The fourth-order valence-corrected chi connectivity index (χ4v) is 3.36. The molecule has 2 rings (SSSR count). The van der Waals surface area contributed by atoms with Crippen molar-refractivity contribution in [1.82, 2.24) is 15.2 Å². The summed E-state index contributed by atoms with van der Waals surface area (Å²) in [6, 6.07) is 7.88. The molecular weight excluding hydrogens is 316 g/mol. The van der Waals surface area contributed by atoms with Crippen molar-refractivity contribution < 1.29 is 0 Å². The molecule has 0 spiro atoms. The number of guanidine groups is 1. The van der Waals surface area contributed by atoms with Crippen molar-refractivity contribution in [2.75, 3.05) is 14.1 Å². The van der Waals surface area contributed by atoms with E-state index in [1.165, 1.54) is 4.88 Å². The van der Waals surface area contributed by atoms with Crippen molar-refractivity contribution in [3.8, 4) is 0 Å². The lowest BCUT2D eigenvalue weighted by molar-refractivity contribution is 0.477. The number of nitrogens with one attached hydrogen (secondary N) is 1. The van der Waals surface area contributed by atoms with E-state index in [0.29, 0.717) is 0 Å². The molecule has 0 saturated carbocycles. The van der Waals surface area contributed by atoms with Crippen LogP contribution >= 0.6 is 22.9 Å². The number of benzene rings is 1. The van der Waals surface area contributed by atoms with Gasteiger partial charge < -0.3 is 10.2 Å². The molecule has 1 aromatic carbocycles. The van der Waals surface area contributed by atoms with Gasteiger partial charge in [0.15, 0.2) is 5.96 Å². The van der Waals surface area contributed by atoms with Gasteiger partial charge in [0.1, 0.15) is 0 Å². The average Bonchev–Trinajstić information content (AvgIpc) is 2.77. The molecule has 118 valence electrons. The Morgan fingerprint density at radius 2 is 2.18 bits per heavy atom. The molecular formula is C16H21ClN4S. The Morgan fingerprint density at radius 1 is 1.41 bits per heavy atom. The van der Waals surface area contributed by atoms with Crippen LogP contribution in [-0.2, 0) is 13.1 Å². The Hall–Kier alpha value is -1.59. The number of aliphatic imine (C=N–C) groups is 1. The van der Waals surface area contributed by atoms with Crippen LogP contribution in [0, 0.1) is 13.8 Å². The van der Waals surface area contributed by atoms with Crippen LogP contribution in [0.3, 0.4) is 0 Å². The van der Waals surface area contributed by atoms with E-state index in [0.717, 1.165) is 40.3 Å². The lowest BCUT2D eigenvalue weighted by Crippen LogP contribution is -2.38. The summed E-state index contributed by atoms with van der Waals surface area (Å²) in [5, 5.41) is 5.24. The number of nitrogens with zero attached hydrogens (tertiary/aromatic N) is 3. The molecule has 22 heavy (non-hydrogen) atoms. The molecule has 0 fully saturated rings. The maximum absolute atomic E-state index is 6.03. The van der Waals surface area contributed by atoms with E-state index in [9.17, 15) is 0 Å². The molecule has 2 aromatic rings. The first kappa shape index (κ1) is 16.8. The molecule has 0 atom stereocenters. The van der Waals surface area contributed by atoms with Gasteiger partial charge in [0.25, 0.3) is 0 Å². The first-order chi connectivity index (χ1) is 10.5. The van der Waals surface area contributed by atoms with Crippen LogP contribution in [0.5, 0.6) is 0 Å². The first-order valence-corrected chi connectivity index (χ1v) is 8.28. The minimum atomic E-state index is 0.740. The molecule has 4 nitrogen and oxygen atoms in total. The summed E-state index contributed by atoms with van der Waals surface area (Å²) in [7, 11) is 3.81. The van der Waals surface area contributed by atoms with Gasteiger partial charge >= 0.3 is 0 Å². The maximum atomic E-state index is 6.03. The van der Waals surface area contributed by atoms with Gasteiger partial charge in [-0.05, 0) is 31.5 Å². The molecule has 0 saturated heterocycles. The van der Waals surface area contributed by atoms with Crippen molar-refractivity contribution in [3.05, 3.63) is 50.4 Å². The molecule has 0 radical (unpaired) electrons. The fourth-order valence-electron chi connectivity index (χ4n) is 2.27. The van der Waals surface area contributed by atoms with E-state index >= 15 is 0 Å². The van der Waals surface area contributed by atoms with Gasteiger partial charge in [0, 0.05) is 30.5 Å². The molecule has 0 aliphatic carbocycles. The van der Waals surface area contributed by atoms with E-state index in [4.69, 9.17) is 11.6 Å². The molecule has 0 bridgehead atoms. The summed E-state index contributed by atoms with van der Waals surface area (Å²) >= 11 is 7.75. The van der Waals surface area contributed by atoms with E-state index in [1.54, 1.807) is 18.4 Å². The number of hydrogen-bond acceptors (Lipinski definition) is 3. The Morgan fingerprint density at radius 3 is 2.77 bits per heavy atom. The van der Waals surface area contributed by atoms with Crippen LogP contribution in [0.25, 0.3) is 0 Å². The van der Waals surface area contributed by atoms with Crippen molar-refractivity contribution in [2.45, 2.75) is 26.9 Å². The summed E-state index contributed by atoms with van der Waals surface area (Å²) in [6.07, 6.45) is 0. The largest absolute Gasteiger partial charge is 0.351 e. The van der Waals surface area contributed by atoms with Gasteiger partial charge in [-0.2, -0.15) is 0 Å². The lowest BCUT2D eigenvalue weighted by Gasteiger charge is -2.22. The second kappa shape index (κ2) is 7.61. The summed E-state index contributed by atoms with van der Waals surface area (Å²) in [6.45, 7) is 5.56. The first-order valence-electron chi connectivity index (χ1n) is 7.08. The van der Waals surface area contributed by atoms with Gasteiger partial charge in [-0.15, -0.1) is 11.3 Å². The fraction of sp³-hybridized carbons (Fsp3) is 0.375. The molecule has 0 unspecified atom stereocenters. The average molecular weight is 337 g/mol. The maximum Gasteiger partial charge on any atom is 0.193 e. The number of aromatic nitrogens is 1. The van der Waals surface area contributed by atoms with E-state index in [1.807, 2.05) is 39.1 Å². The molecule has 1 aromatic heterocycles. The van der Waals surface area contributed by atoms with Gasteiger partial charge in [-0.1, -0.05) is 23.7 Å². The zero-order valence-electron chi connectivity index (χ0n) is 13.4. The van der Waals surface area contributed by atoms with Crippen LogP contribution in [-0.4, -0.2) is 29.9 Å². The minimum Gasteiger partial charge on any atom is -0.351 e. The summed E-state index contributed by atoms with van der Waals surface area (Å²) in [4.78, 5) is 12.1. The monoisotopic (exact) mass is 336 g/mol. The van der Waals surface area contributed by atoms with Crippen molar-refractivity contribution >= 4 is 28.9 Å². The van der Waals surface area contributed by atoms with Crippen molar-refractivity contribution in [3.63, 3.8) is 0 Å². The molecule has 1 heterocycles. The number of halogens is 1. The Balaban J connectivity index is 1.97. The van der Waals surface area contributed by atoms with Gasteiger partial charge in [-0.3, -0.25) is 4.99 Å². The smallest absolute Gasteiger partial charge is 0.193 e. The summed E-state index contributed by atoms with van der Waals surface area (Å²) < 4.78 is 0. The van der Waals surface area contributed by atoms with Gasteiger partial charge in [0.2, 0.25) is 0 Å². The van der Waals surface area contributed by atoms with Gasteiger partial charge in [0.05, 0.1) is 17.2 Å². The van der Waals surface area contributed by atoms with Crippen molar-refractivity contribution in [1.29, 1.82) is 0 Å². The highest BCUT2D eigenvalue weighted by atomic mass is 35.5. The van der Waals surface area contributed by atoms with E-state index < -0.39 is 0 Å². The van der Waals surface area contributed by atoms with Crippen LogP contribution in [0.1, 0.15) is 21.1 Å². The van der Waals surface area contributed by atoms with Crippen LogP contribution in [0.15, 0.2) is 29.3 Å². The third kappa shape index (κ3) is 4.45. The summed E-state index contributed by atoms with van der Waals surface area (Å²) in [5.41, 5.74) is 2.24. The number of thiazole rings is 1. The molecule has 6 heteroatoms. The number of aryl methyl sites for hydroxylation is 2. The Bertz CT molecular complexity index is 666. The topological polar surface area (TPSA) is 40.5 Å².